The lowest BCUT2D eigenvalue weighted by Gasteiger charge is -2.31. The van der Waals surface area contributed by atoms with E-state index in [0.717, 1.165) is 37.9 Å². The second-order valence-electron chi connectivity index (χ2n) is 9.08. The fourth-order valence-corrected chi connectivity index (χ4v) is 3.64. The minimum absolute atomic E-state index is 0.0865. The van der Waals surface area contributed by atoms with Crippen molar-refractivity contribution in [2.45, 2.75) is 58.1 Å². The van der Waals surface area contributed by atoms with Gasteiger partial charge in [-0.1, -0.05) is 30.3 Å². The summed E-state index contributed by atoms with van der Waals surface area (Å²) in [6, 6.07) is 8.81. The maximum absolute atomic E-state index is 12.8. The molecule has 1 saturated heterocycles. The van der Waals surface area contributed by atoms with Crippen LogP contribution in [0.25, 0.3) is 0 Å². The Morgan fingerprint density at radius 1 is 1.23 bits per heavy atom. The minimum atomic E-state index is -0.730. The van der Waals surface area contributed by atoms with Crippen molar-refractivity contribution in [3.8, 4) is 0 Å². The summed E-state index contributed by atoms with van der Waals surface area (Å²) >= 11 is 0. The molecule has 1 aliphatic heterocycles. The maximum atomic E-state index is 12.8. The summed E-state index contributed by atoms with van der Waals surface area (Å²) in [6.45, 7) is 8.23. The average Bonchev–Trinajstić information content (AvgIpc) is 2.70. The highest BCUT2D eigenvalue weighted by molar-refractivity contribution is 5.86. The lowest BCUT2D eigenvalue weighted by atomic mass is 9.97. The van der Waals surface area contributed by atoms with Crippen LogP contribution in [0.2, 0.25) is 0 Å². The molecule has 0 radical (unpaired) electrons. The standard InChI is InChI=1S/C23H36N4O4/c1-23(2,3)31-22(30)26-19(15-17-9-5-4-6-10-17)21(29)25-12-8-14-27-13-7-11-18(16-27)20(24)28/h4-6,9-10,18-19H,7-8,11-16H2,1-3H3,(H2,24,28)(H,25,29)(H,26,30). The van der Waals surface area contributed by atoms with Crippen molar-refractivity contribution >= 4 is 17.9 Å². The molecule has 1 fully saturated rings. The number of rotatable bonds is 9. The number of nitrogens with one attached hydrogen (secondary N) is 2. The normalized spacial score (nSPS) is 18.1. The van der Waals surface area contributed by atoms with Gasteiger partial charge in [-0.25, -0.2) is 4.79 Å². The molecule has 1 heterocycles. The molecule has 0 spiro atoms. The molecule has 1 aromatic rings. The van der Waals surface area contributed by atoms with E-state index in [2.05, 4.69) is 15.5 Å². The van der Waals surface area contributed by atoms with Crippen LogP contribution in [-0.2, 0) is 20.7 Å². The Bertz CT molecular complexity index is 733. The first-order valence-electron chi connectivity index (χ1n) is 11.0. The monoisotopic (exact) mass is 432 g/mol. The van der Waals surface area contributed by atoms with E-state index in [1.54, 1.807) is 20.8 Å². The molecule has 0 saturated carbocycles. The smallest absolute Gasteiger partial charge is 0.408 e. The number of primary amides is 1. The number of nitrogens with two attached hydrogens (primary N) is 1. The van der Waals surface area contributed by atoms with Crippen molar-refractivity contribution in [2.24, 2.45) is 11.7 Å². The number of benzene rings is 1. The zero-order valence-electron chi connectivity index (χ0n) is 18.9. The first-order valence-corrected chi connectivity index (χ1v) is 11.0. The first kappa shape index (κ1) is 24.7. The van der Waals surface area contributed by atoms with Gasteiger partial charge in [-0.2, -0.15) is 0 Å². The Kier molecular flexibility index (Phi) is 9.30. The molecule has 8 nitrogen and oxygen atoms in total. The van der Waals surface area contributed by atoms with Gasteiger partial charge >= 0.3 is 6.09 Å². The summed E-state index contributed by atoms with van der Waals surface area (Å²) in [5, 5.41) is 5.61. The van der Waals surface area contributed by atoms with E-state index in [1.165, 1.54) is 0 Å². The molecule has 0 bridgehead atoms. The number of piperidine rings is 1. The lowest BCUT2D eigenvalue weighted by molar-refractivity contribution is -0.123. The van der Waals surface area contributed by atoms with Gasteiger partial charge in [-0.05, 0) is 58.7 Å². The number of alkyl carbamates (subject to hydrolysis) is 1. The second-order valence-corrected chi connectivity index (χ2v) is 9.08. The summed E-state index contributed by atoms with van der Waals surface area (Å²) < 4.78 is 5.32. The van der Waals surface area contributed by atoms with Crippen LogP contribution in [0.4, 0.5) is 4.79 Å². The fourth-order valence-electron chi connectivity index (χ4n) is 3.64. The van der Waals surface area contributed by atoms with Gasteiger partial charge in [0.15, 0.2) is 0 Å². The third kappa shape index (κ3) is 9.38. The van der Waals surface area contributed by atoms with Gasteiger partial charge in [0.1, 0.15) is 11.6 Å². The summed E-state index contributed by atoms with van der Waals surface area (Å²) in [4.78, 5) is 38.6. The predicted molar refractivity (Wildman–Crippen MR) is 119 cm³/mol. The quantitative estimate of drug-likeness (QED) is 0.515. The number of hydrogen-bond acceptors (Lipinski definition) is 5. The van der Waals surface area contributed by atoms with Crippen LogP contribution in [0.15, 0.2) is 30.3 Å². The molecule has 0 aliphatic carbocycles. The van der Waals surface area contributed by atoms with E-state index in [-0.39, 0.29) is 17.7 Å². The maximum Gasteiger partial charge on any atom is 0.408 e. The van der Waals surface area contributed by atoms with E-state index in [0.29, 0.717) is 19.5 Å². The van der Waals surface area contributed by atoms with Crippen molar-refractivity contribution < 1.29 is 19.1 Å². The number of nitrogens with zero attached hydrogens (tertiary/aromatic N) is 1. The molecule has 3 amide bonds. The summed E-state index contributed by atoms with van der Waals surface area (Å²) in [6.07, 6.45) is 2.31. The average molecular weight is 433 g/mol. The molecule has 172 valence electrons. The molecule has 31 heavy (non-hydrogen) atoms. The van der Waals surface area contributed by atoms with E-state index in [4.69, 9.17) is 10.5 Å². The summed E-state index contributed by atoms with van der Waals surface area (Å²) in [7, 11) is 0. The van der Waals surface area contributed by atoms with Crippen LogP contribution < -0.4 is 16.4 Å². The molecule has 0 aromatic heterocycles. The number of carbonyl (C=O) groups excluding carboxylic acids is 3. The van der Waals surface area contributed by atoms with Crippen molar-refractivity contribution in [3.63, 3.8) is 0 Å². The van der Waals surface area contributed by atoms with Crippen LogP contribution in [0.1, 0.15) is 45.6 Å². The predicted octanol–water partition coefficient (Wildman–Crippen LogP) is 1.83. The summed E-state index contributed by atoms with van der Waals surface area (Å²) in [5.74, 6) is -0.574. The molecular weight excluding hydrogens is 396 g/mol. The third-order valence-corrected chi connectivity index (χ3v) is 5.15. The van der Waals surface area contributed by atoms with Gasteiger partial charge in [-0.3, -0.25) is 9.59 Å². The van der Waals surface area contributed by atoms with Crippen LogP contribution in [-0.4, -0.2) is 60.6 Å². The minimum Gasteiger partial charge on any atom is -0.444 e. The Labute approximate surface area is 184 Å². The van der Waals surface area contributed by atoms with Gasteiger partial charge < -0.3 is 26.0 Å². The van der Waals surface area contributed by atoms with Crippen molar-refractivity contribution in [3.05, 3.63) is 35.9 Å². The van der Waals surface area contributed by atoms with Crippen LogP contribution >= 0.6 is 0 Å². The molecule has 8 heteroatoms. The van der Waals surface area contributed by atoms with Gasteiger partial charge in [0.2, 0.25) is 11.8 Å². The van der Waals surface area contributed by atoms with Gasteiger partial charge in [0, 0.05) is 19.5 Å². The Hall–Kier alpha value is -2.61. The number of ether oxygens (including phenoxy) is 1. The SMILES string of the molecule is CC(C)(C)OC(=O)NC(Cc1ccccc1)C(=O)NCCCN1CCCC(C(N)=O)C1. The Morgan fingerprint density at radius 3 is 2.58 bits per heavy atom. The Morgan fingerprint density at radius 2 is 1.94 bits per heavy atom. The zero-order chi connectivity index (χ0) is 22.9. The summed E-state index contributed by atoms with van der Waals surface area (Å²) in [5.41, 5.74) is 5.74. The van der Waals surface area contributed by atoms with Gasteiger partial charge in [0.25, 0.3) is 0 Å². The molecule has 4 N–H and O–H groups in total. The highest BCUT2D eigenvalue weighted by Gasteiger charge is 2.25. The van der Waals surface area contributed by atoms with E-state index < -0.39 is 17.7 Å². The molecule has 2 rings (SSSR count). The van der Waals surface area contributed by atoms with E-state index in [1.807, 2.05) is 30.3 Å². The number of likely N-dealkylation sites (tertiary alicyclic amines) is 1. The fraction of sp³-hybridized carbons (Fsp3) is 0.609. The topological polar surface area (TPSA) is 114 Å². The zero-order valence-corrected chi connectivity index (χ0v) is 18.9. The third-order valence-electron chi connectivity index (χ3n) is 5.15. The van der Waals surface area contributed by atoms with Crippen LogP contribution in [0, 0.1) is 5.92 Å². The number of amides is 3. The van der Waals surface area contributed by atoms with Gasteiger partial charge in [-0.15, -0.1) is 0 Å². The number of hydrogen-bond donors (Lipinski definition) is 3. The van der Waals surface area contributed by atoms with E-state index in [9.17, 15) is 14.4 Å². The first-order chi connectivity index (χ1) is 14.6. The van der Waals surface area contributed by atoms with Crippen LogP contribution in [0.3, 0.4) is 0 Å². The highest BCUT2D eigenvalue weighted by Crippen LogP contribution is 2.16. The highest BCUT2D eigenvalue weighted by atomic mass is 16.6. The molecule has 2 unspecified atom stereocenters. The van der Waals surface area contributed by atoms with Crippen molar-refractivity contribution in [1.29, 1.82) is 0 Å². The molecule has 2 atom stereocenters. The number of carbonyl (C=O) groups is 3. The van der Waals surface area contributed by atoms with E-state index >= 15 is 0 Å². The molecular formula is C23H36N4O4. The molecule has 1 aromatic carbocycles. The Balaban J connectivity index is 1.85. The largest absolute Gasteiger partial charge is 0.444 e. The van der Waals surface area contributed by atoms with Crippen molar-refractivity contribution in [2.75, 3.05) is 26.2 Å². The van der Waals surface area contributed by atoms with Crippen LogP contribution in [0.5, 0.6) is 0 Å². The second kappa shape index (κ2) is 11.7. The van der Waals surface area contributed by atoms with Gasteiger partial charge in [0.05, 0.1) is 5.92 Å². The lowest BCUT2D eigenvalue weighted by Crippen LogP contribution is -2.49. The molecule has 1 aliphatic rings. The van der Waals surface area contributed by atoms with Crippen molar-refractivity contribution in [1.82, 2.24) is 15.5 Å².